The number of nitrogens with zero attached hydrogens (tertiary/aromatic N) is 1. The number of nitriles is 1. The molecule has 0 saturated heterocycles. The molecule has 0 heterocycles. The highest BCUT2D eigenvalue weighted by Crippen LogP contribution is 2.26. The van der Waals surface area contributed by atoms with Gasteiger partial charge in [0.25, 0.3) is 5.91 Å². The zero-order valence-corrected chi connectivity index (χ0v) is 18.0. The van der Waals surface area contributed by atoms with Crippen LogP contribution in [0.4, 0.5) is 11.4 Å². The maximum atomic E-state index is 13.0. The summed E-state index contributed by atoms with van der Waals surface area (Å²) in [6.45, 7) is 0.490. The number of ether oxygens (including phenoxy) is 1. The van der Waals surface area contributed by atoms with Gasteiger partial charge in [-0.15, -0.1) is 0 Å². The fourth-order valence-electron chi connectivity index (χ4n) is 3.97. The normalized spacial score (nSPS) is 13.7. The van der Waals surface area contributed by atoms with E-state index in [1.807, 2.05) is 60.7 Å². The summed E-state index contributed by atoms with van der Waals surface area (Å²) in [5, 5.41) is 15.8. The molecule has 162 valence electrons. The van der Waals surface area contributed by atoms with Crippen molar-refractivity contribution in [3.8, 4) is 11.8 Å². The monoisotopic (exact) mass is 425 g/mol. The third kappa shape index (κ3) is 5.67. The molecule has 0 spiro atoms. The molecule has 5 heteroatoms. The van der Waals surface area contributed by atoms with Crippen molar-refractivity contribution in [2.75, 3.05) is 10.6 Å². The molecule has 2 N–H and O–H groups in total. The minimum absolute atomic E-state index is 0.238. The van der Waals surface area contributed by atoms with Crippen molar-refractivity contribution >= 4 is 17.3 Å². The second-order valence-electron chi connectivity index (χ2n) is 8.10. The van der Waals surface area contributed by atoms with E-state index in [1.54, 1.807) is 12.1 Å². The van der Waals surface area contributed by atoms with Gasteiger partial charge >= 0.3 is 0 Å². The number of rotatable bonds is 7. The molecule has 1 fully saturated rings. The lowest BCUT2D eigenvalue weighted by molar-refractivity contribution is 0.102. The highest BCUT2D eigenvalue weighted by atomic mass is 16.5. The molecular formula is C27H27N3O2. The summed E-state index contributed by atoms with van der Waals surface area (Å²) in [7, 11) is 0. The van der Waals surface area contributed by atoms with E-state index >= 15 is 0 Å². The quantitative estimate of drug-likeness (QED) is 0.477. The maximum Gasteiger partial charge on any atom is 0.257 e. The predicted octanol–water partition coefficient (Wildman–Crippen LogP) is 6.13. The lowest BCUT2D eigenvalue weighted by Crippen LogP contribution is -2.24. The summed E-state index contributed by atoms with van der Waals surface area (Å²) in [5.41, 5.74) is 3.50. The SMILES string of the molecule is N#Cc1ccc(NC2CCCCC2)c(C(=O)Nc2ccc(OCc3ccccc3)cc2)c1. The van der Waals surface area contributed by atoms with Gasteiger partial charge in [-0.05, 0) is 60.9 Å². The fourth-order valence-corrected chi connectivity index (χ4v) is 3.97. The van der Waals surface area contributed by atoms with E-state index in [1.165, 1.54) is 19.3 Å². The van der Waals surface area contributed by atoms with Crippen LogP contribution in [0.1, 0.15) is 53.6 Å². The van der Waals surface area contributed by atoms with Gasteiger partial charge in [0, 0.05) is 17.4 Å². The first-order valence-corrected chi connectivity index (χ1v) is 11.1. The van der Waals surface area contributed by atoms with E-state index in [0.717, 1.165) is 29.8 Å². The van der Waals surface area contributed by atoms with Crippen molar-refractivity contribution in [1.29, 1.82) is 5.26 Å². The van der Waals surface area contributed by atoms with Gasteiger partial charge < -0.3 is 15.4 Å². The summed E-state index contributed by atoms with van der Waals surface area (Å²) in [5.74, 6) is 0.497. The Labute approximate surface area is 189 Å². The Morgan fingerprint density at radius 1 is 0.969 bits per heavy atom. The van der Waals surface area contributed by atoms with Crippen LogP contribution in [0.2, 0.25) is 0 Å². The standard InChI is InChI=1S/C27H27N3O2/c28-18-21-11-16-26(29-22-9-5-2-6-10-22)25(17-21)27(31)30-23-12-14-24(15-13-23)32-19-20-7-3-1-4-8-20/h1,3-4,7-8,11-17,22,29H,2,5-6,9-10,19H2,(H,30,31). The molecule has 0 unspecified atom stereocenters. The van der Waals surface area contributed by atoms with Crippen LogP contribution in [0.3, 0.4) is 0 Å². The number of nitrogens with one attached hydrogen (secondary N) is 2. The van der Waals surface area contributed by atoms with Crippen molar-refractivity contribution in [2.24, 2.45) is 0 Å². The van der Waals surface area contributed by atoms with E-state index in [2.05, 4.69) is 16.7 Å². The summed E-state index contributed by atoms with van der Waals surface area (Å²) in [6, 6.07) is 25.0. The van der Waals surface area contributed by atoms with Crippen LogP contribution in [-0.2, 0) is 6.61 Å². The van der Waals surface area contributed by atoms with Crippen molar-refractivity contribution in [3.05, 3.63) is 89.5 Å². The molecule has 1 aliphatic rings. The number of carbonyl (C=O) groups excluding carboxylic acids is 1. The lowest BCUT2D eigenvalue weighted by atomic mass is 9.95. The number of benzene rings is 3. The van der Waals surface area contributed by atoms with Gasteiger partial charge in [-0.3, -0.25) is 4.79 Å². The Morgan fingerprint density at radius 2 is 1.72 bits per heavy atom. The summed E-state index contributed by atoms with van der Waals surface area (Å²) in [4.78, 5) is 13.0. The molecule has 0 aliphatic heterocycles. The minimum atomic E-state index is -0.238. The second kappa shape index (κ2) is 10.5. The Bertz CT molecular complexity index is 1080. The van der Waals surface area contributed by atoms with Crippen LogP contribution in [0.5, 0.6) is 5.75 Å². The molecule has 4 rings (SSSR count). The Kier molecular flexibility index (Phi) is 7.04. The Morgan fingerprint density at radius 3 is 2.44 bits per heavy atom. The van der Waals surface area contributed by atoms with Crippen molar-refractivity contribution < 1.29 is 9.53 Å². The molecule has 0 atom stereocenters. The molecule has 1 aliphatic carbocycles. The van der Waals surface area contributed by atoms with E-state index in [0.29, 0.717) is 29.5 Å². The van der Waals surface area contributed by atoms with Gasteiger partial charge in [-0.1, -0.05) is 49.6 Å². The van der Waals surface area contributed by atoms with Crippen LogP contribution in [0.15, 0.2) is 72.8 Å². The molecular weight excluding hydrogens is 398 g/mol. The van der Waals surface area contributed by atoms with Crippen LogP contribution in [0, 0.1) is 11.3 Å². The topological polar surface area (TPSA) is 74.2 Å². The number of hydrogen-bond acceptors (Lipinski definition) is 4. The van der Waals surface area contributed by atoms with Gasteiger partial charge in [0.1, 0.15) is 12.4 Å². The molecule has 0 aromatic heterocycles. The first kappa shape index (κ1) is 21.5. The lowest BCUT2D eigenvalue weighted by Gasteiger charge is -2.25. The van der Waals surface area contributed by atoms with Crippen LogP contribution in [-0.4, -0.2) is 11.9 Å². The predicted molar refractivity (Wildman–Crippen MR) is 127 cm³/mol. The maximum absolute atomic E-state index is 13.0. The Balaban J connectivity index is 1.42. The van der Waals surface area contributed by atoms with Gasteiger partial charge in [-0.2, -0.15) is 5.26 Å². The van der Waals surface area contributed by atoms with Crippen molar-refractivity contribution in [1.82, 2.24) is 0 Å². The molecule has 3 aromatic carbocycles. The van der Waals surface area contributed by atoms with Crippen LogP contribution in [0.25, 0.3) is 0 Å². The summed E-state index contributed by atoms with van der Waals surface area (Å²) < 4.78 is 5.81. The first-order valence-electron chi connectivity index (χ1n) is 11.1. The number of carbonyl (C=O) groups is 1. The molecule has 1 saturated carbocycles. The largest absolute Gasteiger partial charge is 0.489 e. The number of hydrogen-bond donors (Lipinski definition) is 2. The first-order chi connectivity index (χ1) is 15.7. The summed E-state index contributed by atoms with van der Waals surface area (Å²) >= 11 is 0. The average molecular weight is 426 g/mol. The van der Waals surface area contributed by atoms with E-state index < -0.39 is 0 Å². The van der Waals surface area contributed by atoms with Gasteiger partial charge in [0.2, 0.25) is 0 Å². The second-order valence-corrected chi connectivity index (χ2v) is 8.10. The highest BCUT2D eigenvalue weighted by molar-refractivity contribution is 6.08. The molecule has 3 aromatic rings. The van der Waals surface area contributed by atoms with Gasteiger partial charge in [0.15, 0.2) is 0 Å². The fraction of sp³-hybridized carbons (Fsp3) is 0.259. The van der Waals surface area contributed by atoms with Crippen molar-refractivity contribution in [2.45, 2.75) is 44.8 Å². The zero-order valence-electron chi connectivity index (χ0n) is 18.0. The van der Waals surface area contributed by atoms with E-state index in [-0.39, 0.29) is 5.91 Å². The van der Waals surface area contributed by atoms with Gasteiger partial charge in [-0.25, -0.2) is 0 Å². The third-order valence-electron chi connectivity index (χ3n) is 5.72. The molecule has 32 heavy (non-hydrogen) atoms. The average Bonchev–Trinajstić information content (AvgIpc) is 2.85. The molecule has 5 nitrogen and oxygen atoms in total. The molecule has 0 bridgehead atoms. The van der Waals surface area contributed by atoms with Crippen molar-refractivity contribution in [3.63, 3.8) is 0 Å². The zero-order chi connectivity index (χ0) is 22.2. The molecule has 1 amide bonds. The third-order valence-corrected chi connectivity index (χ3v) is 5.72. The minimum Gasteiger partial charge on any atom is -0.489 e. The summed E-state index contributed by atoms with van der Waals surface area (Å²) in [6.07, 6.45) is 5.88. The number of anilines is 2. The Hall–Kier alpha value is -3.78. The van der Waals surface area contributed by atoms with Crippen LogP contribution >= 0.6 is 0 Å². The van der Waals surface area contributed by atoms with Gasteiger partial charge in [0.05, 0.1) is 17.2 Å². The van der Waals surface area contributed by atoms with Crippen LogP contribution < -0.4 is 15.4 Å². The smallest absolute Gasteiger partial charge is 0.257 e. The van der Waals surface area contributed by atoms with E-state index in [9.17, 15) is 10.1 Å². The number of amides is 1. The van der Waals surface area contributed by atoms with E-state index in [4.69, 9.17) is 4.74 Å². The highest BCUT2D eigenvalue weighted by Gasteiger charge is 2.18. The molecule has 0 radical (unpaired) electrons.